The number of hydrogen-bond donors (Lipinski definition) is 2. The van der Waals surface area contributed by atoms with Gasteiger partial charge in [0.1, 0.15) is 6.04 Å². The molecule has 21 heavy (non-hydrogen) atoms. The first kappa shape index (κ1) is 16.3. The van der Waals surface area contributed by atoms with E-state index in [2.05, 4.69) is 10.6 Å². The molecule has 1 saturated carbocycles. The molecule has 0 radical (unpaired) electrons. The predicted molar refractivity (Wildman–Crippen MR) is 79.5 cm³/mol. The zero-order valence-corrected chi connectivity index (χ0v) is 13.1. The van der Waals surface area contributed by atoms with Crippen molar-refractivity contribution in [1.29, 1.82) is 0 Å². The Balaban J connectivity index is 1.80. The summed E-state index contributed by atoms with van der Waals surface area (Å²) >= 11 is 0. The molecule has 0 aromatic heterocycles. The van der Waals surface area contributed by atoms with Crippen molar-refractivity contribution in [2.75, 3.05) is 12.3 Å². The van der Waals surface area contributed by atoms with E-state index in [0.29, 0.717) is 13.0 Å². The molecule has 2 amide bonds. The van der Waals surface area contributed by atoms with Crippen LogP contribution in [0.5, 0.6) is 0 Å². The molecule has 0 spiro atoms. The zero-order valence-electron chi connectivity index (χ0n) is 12.3. The van der Waals surface area contributed by atoms with Crippen LogP contribution >= 0.6 is 0 Å². The first-order valence-electron chi connectivity index (χ1n) is 7.78. The van der Waals surface area contributed by atoms with Gasteiger partial charge in [-0.15, -0.1) is 0 Å². The highest BCUT2D eigenvalue weighted by atomic mass is 32.2. The molecular weight excluding hydrogens is 292 g/mol. The van der Waals surface area contributed by atoms with Crippen molar-refractivity contribution in [2.24, 2.45) is 0 Å². The van der Waals surface area contributed by atoms with Gasteiger partial charge in [0.05, 0.1) is 11.0 Å². The van der Waals surface area contributed by atoms with Crippen molar-refractivity contribution < 1.29 is 18.0 Å². The standard InChI is InChI=1S/C14H24N2O4S/c17-13(16-12-7-3-4-9-15-14(12)18)8-10-21(19,20)11-5-1-2-6-11/h11-12H,1-10H2,(H,15,18)(H,16,17). The molecule has 1 saturated heterocycles. The van der Waals surface area contributed by atoms with E-state index in [0.717, 1.165) is 38.5 Å². The van der Waals surface area contributed by atoms with E-state index in [4.69, 9.17) is 0 Å². The lowest BCUT2D eigenvalue weighted by Crippen LogP contribution is -2.45. The molecule has 7 heteroatoms. The molecule has 1 unspecified atom stereocenters. The summed E-state index contributed by atoms with van der Waals surface area (Å²) in [5.74, 6) is -0.629. The van der Waals surface area contributed by atoms with Crippen molar-refractivity contribution in [1.82, 2.24) is 10.6 Å². The van der Waals surface area contributed by atoms with Crippen LogP contribution in [0.4, 0.5) is 0 Å². The van der Waals surface area contributed by atoms with Crippen LogP contribution in [0.3, 0.4) is 0 Å². The highest BCUT2D eigenvalue weighted by Gasteiger charge is 2.29. The second kappa shape index (κ2) is 7.24. The van der Waals surface area contributed by atoms with Gasteiger partial charge in [-0.1, -0.05) is 12.8 Å². The van der Waals surface area contributed by atoms with Crippen molar-refractivity contribution in [3.8, 4) is 0 Å². The van der Waals surface area contributed by atoms with Crippen LogP contribution in [-0.2, 0) is 19.4 Å². The normalized spacial score (nSPS) is 24.4. The third-order valence-corrected chi connectivity index (χ3v) is 6.55. The molecule has 1 heterocycles. The van der Waals surface area contributed by atoms with Crippen molar-refractivity contribution in [3.05, 3.63) is 0 Å². The van der Waals surface area contributed by atoms with E-state index in [9.17, 15) is 18.0 Å². The van der Waals surface area contributed by atoms with Gasteiger partial charge in [0.15, 0.2) is 9.84 Å². The van der Waals surface area contributed by atoms with E-state index in [1.54, 1.807) is 0 Å². The van der Waals surface area contributed by atoms with Gasteiger partial charge in [0.25, 0.3) is 0 Å². The summed E-state index contributed by atoms with van der Waals surface area (Å²) in [6, 6.07) is -0.519. The fraction of sp³-hybridized carbons (Fsp3) is 0.857. The molecule has 2 fully saturated rings. The van der Waals surface area contributed by atoms with Gasteiger partial charge in [0.2, 0.25) is 11.8 Å². The third-order valence-electron chi connectivity index (χ3n) is 4.29. The fourth-order valence-electron chi connectivity index (χ4n) is 2.99. The molecule has 2 aliphatic rings. The van der Waals surface area contributed by atoms with Crippen LogP contribution in [0, 0.1) is 0 Å². The Kier molecular flexibility index (Phi) is 5.61. The van der Waals surface area contributed by atoms with Crippen LogP contribution in [0.15, 0.2) is 0 Å². The molecule has 0 aromatic rings. The molecule has 6 nitrogen and oxygen atoms in total. The maximum absolute atomic E-state index is 12.1. The van der Waals surface area contributed by atoms with E-state index in [1.165, 1.54) is 0 Å². The van der Waals surface area contributed by atoms with Crippen LogP contribution in [0.25, 0.3) is 0 Å². The summed E-state index contributed by atoms with van der Waals surface area (Å²) in [6.45, 7) is 0.640. The predicted octanol–water partition coefficient (Wildman–Crippen LogP) is 0.519. The fourth-order valence-corrected chi connectivity index (χ4v) is 4.85. The molecule has 1 aliphatic heterocycles. The van der Waals surface area contributed by atoms with Gasteiger partial charge in [-0.2, -0.15) is 0 Å². The second-order valence-electron chi connectivity index (χ2n) is 5.93. The Labute approximate surface area is 126 Å². The SMILES string of the molecule is O=C(CCS(=O)(=O)C1CCCC1)NC1CCCCNC1=O. The van der Waals surface area contributed by atoms with Gasteiger partial charge in [0, 0.05) is 13.0 Å². The number of carbonyl (C=O) groups excluding carboxylic acids is 2. The number of amides is 2. The van der Waals surface area contributed by atoms with E-state index >= 15 is 0 Å². The number of carbonyl (C=O) groups is 2. The average molecular weight is 316 g/mol. The summed E-state index contributed by atoms with van der Waals surface area (Å²) in [6.07, 6.45) is 5.70. The van der Waals surface area contributed by atoms with Crippen molar-refractivity contribution in [2.45, 2.75) is 62.7 Å². The van der Waals surface area contributed by atoms with Gasteiger partial charge >= 0.3 is 0 Å². The molecule has 0 aromatic carbocycles. The minimum Gasteiger partial charge on any atom is -0.354 e. The summed E-state index contributed by atoms with van der Waals surface area (Å²) in [5.41, 5.74) is 0. The van der Waals surface area contributed by atoms with E-state index < -0.39 is 15.9 Å². The molecule has 1 atom stereocenters. The molecule has 2 N–H and O–H groups in total. The average Bonchev–Trinajstić information content (AvgIpc) is 2.92. The van der Waals surface area contributed by atoms with E-state index in [1.807, 2.05) is 0 Å². The summed E-state index contributed by atoms with van der Waals surface area (Å²) in [4.78, 5) is 23.6. The third kappa shape index (κ3) is 4.69. The quantitative estimate of drug-likeness (QED) is 0.773. The molecule has 2 rings (SSSR count). The molecule has 120 valence electrons. The first-order chi connectivity index (χ1) is 9.99. The number of sulfone groups is 1. The van der Waals surface area contributed by atoms with Crippen LogP contribution < -0.4 is 10.6 Å². The Morgan fingerprint density at radius 2 is 1.81 bits per heavy atom. The van der Waals surface area contributed by atoms with Crippen LogP contribution in [0.2, 0.25) is 0 Å². The maximum Gasteiger partial charge on any atom is 0.242 e. The lowest BCUT2D eigenvalue weighted by Gasteiger charge is -2.16. The van der Waals surface area contributed by atoms with Gasteiger partial charge in [-0.3, -0.25) is 9.59 Å². The molecular formula is C14H24N2O4S. The van der Waals surface area contributed by atoms with Gasteiger partial charge in [-0.05, 0) is 32.1 Å². The summed E-state index contributed by atoms with van der Waals surface area (Å²) in [5, 5.41) is 5.13. The van der Waals surface area contributed by atoms with Crippen LogP contribution in [-0.4, -0.2) is 43.8 Å². The number of rotatable bonds is 5. The Hall–Kier alpha value is -1.11. The monoisotopic (exact) mass is 316 g/mol. The van der Waals surface area contributed by atoms with Crippen LogP contribution in [0.1, 0.15) is 51.4 Å². The molecule has 0 bridgehead atoms. The highest BCUT2D eigenvalue weighted by molar-refractivity contribution is 7.92. The Morgan fingerprint density at radius 1 is 1.14 bits per heavy atom. The lowest BCUT2D eigenvalue weighted by atomic mass is 10.1. The summed E-state index contributed by atoms with van der Waals surface area (Å²) in [7, 11) is -3.18. The van der Waals surface area contributed by atoms with E-state index in [-0.39, 0.29) is 29.2 Å². The van der Waals surface area contributed by atoms with Crippen molar-refractivity contribution in [3.63, 3.8) is 0 Å². The van der Waals surface area contributed by atoms with Crippen molar-refractivity contribution >= 4 is 21.7 Å². The minimum atomic E-state index is -3.18. The lowest BCUT2D eigenvalue weighted by molar-refractivity contribution is -0.128. The van der Waals surface area contributed by atoms with Gasteiger partial charge < -0.3 is 10.6 Å². The maximum atomic E-state index is 12.1. The van der Waals surface area contributed by atoms with Gasteiger partial charge in [-0.25, -0.2) is 8.42 Å². The highest BCUT2D eigenvalue weighted by Crippen LogP contribution is 2.25. The molecule has 1 aliphatic carbocycles. The summed E-state index contributed by atoms with van der Waals surface area (Å²) < 4.78 is 24.2. The largest absolute Gasteiger partial charge is 0.354 e. The topological polar surface area (TPSA) is 92.3 Å². The first-order valence-corrected chi connectivity index (χ1v) is 9.49. The smallest absolute Gasteiger partial charge is 0.242 e. The number of nitrogens with one attached hydrogen (secondary N) is 2. The Bertz CT molecular complexity index is 483. The second-order valence-corrected chi connectivity index (χ2v) is 8.33. The minimum absolute atomic E-state index is 0.0530. The zero-order chi connectivity index (χ0) is 15.3. The Morgan fingerprint density at radius 3 is 2.52 bits per heavy atom. The number of hydrogen-bond acceptors (Lipinski definition) is 4.